The molecule has 8 heavy (non-hydrogen) atoms. The third-order valence-corrected chi connectivity index (χ3v) is 0. The normalized spacial score (nSPS) is 8.75. The molecule has 0 fully saturated rings. The van der Waals surface area contributed by atoms with Crippen LogP contribution in [-0.4, -0.2) is 22.6 Å². The molecule has 50 valence electrons. The summed E-state index contributed by atoms with van der Waals surface area (Å²) in [4.78, 5) is 0. The van der Waals surface area contributed by atoms with E-state index in [1.165, 1.54) is 0 Å². The van der Waals surface area contributed by atoms with Crippen molar-refractivity contribution in [2.45, 2.75) is 0 Å². The molecule has 0 aliphatic heterocycles. The summed E-state index contributed by atoms with van der Waals surface area (Å²) in [6, 6.07) is 0. The standard InChI is InChI=1S/C2H4O.H2O4S/c1-2-3;1-5(2,3)4/h2-3H,1H2;(H2,1,2,3,4). The highest BCUT2D eigenvalue weighted by Gasteiger charge is 1.84. The van der Waals surface area contributed by atoms with Gasteiger partial charge in [-0.15, -0.1) is 0 Å². The van der Waals surface area contributed by atoms with Crippen LogP contribution in [0.4, 0.5) is 0 Å². The number of hydrogen-bond acceptors (Lipinski definition) is 3. The van der Waals surface area contributed by atoms with Gasteiger partial charge in [0.25, 0.3) is 0 Å². The van der Waals surface area contributed by atoms with E-state index in [1.54, 1.807) is 0 Å². The number of rotatable bonds is 0. The molecule has 3 N–H and O–H groups in total. The first-order valence-corrected chi connectivity index (χ1v) is 2.76. The molecule has 0 unspecified atom stereocenters. The Labute approximate surface area is 46.8 Å². The quantitative estimate of drug-likeness (QED) is 0.327. The Kier molecular flexibility index (Phi) is 5.94. The summed E-state index contributed by atoms with van der Waals surface area (Å²) in [5.74, 6) is 0. The first kappa shape index (κ1) is 10.4. The van der Waals surface area contributed by atoms with Crippen LogP contribution in [0.5, 0.6) is 0 Å². The zero-order valence-electron chi connectivity index (χ0n) is 3.85. The maximum Gasteiger partial charge on any atom is 0.394 e. The summed E-state index contributed by atoms with van der Waals surface area (Å²) in [5, 5.41) is 7.33. The Hall–Kier alpha value is -0.590. The van der Waals surface area contributed by atoms with Gasteiger partial charge in [0.1, 0.15) is 0 Å². The van der Waals surface area contributed by atoms with E-state index in [-0.39, 0.29) is 0 Å². The molecule has 0 bridgehead atoms. The highest BCUT2D eigenvalue weighted by atomic mass is 32.3. The molecule has 0 radical (unpaired) electrons. The van der Waals surface area contributed by atoms with Crippen molar-refractivity contribution in [3.05, 3.63) is 12.8 Å². The lowest BCUT2D eigenvalue weighted by Crippen LogP contribution is -1.89. The lowest BCUT2D eigenvalue weighted by Gasteiger charge is -1.68. The number of aliphatic hydroxyl groups is 1. The van der Waals surface area contributed by atoms with Crippen LogP contribution in [0.25, 0.3) is 0 Å². The lowest BCUT2D eigenvalue weighted by molar-refractivity contribution is 0.381. The molecule has 0 saturated carbocycles. The molecule has 0 rings (SSSR count). The topological polar surface area (TPSA) is 94.8 Å². The van der Waals surface area contributed by atoms with Crippen molar-refractivity contribution in [1.82, 2.24) is 0 Å². The smallest absolute Gasteiger partial charge is 0.394 e. The van der Waals surface area contributed by atoms with Crippen molar-refractivity contribution in [1.29, 1.82) is 0 Å². The average molecular weight is 142 g/mol. The van der Waals surface area contributed by atoms with Crippen LogP contribution in [0.3, 0.4) is 0 Å². The monoisotopic (exact) mass is 142 g/mol. The number of hydrogen-bond donors (Lipinski definition) is 3. The predicted octanol–water partition coefficient (Wildman–Crippen LogP) is 0.0351. The second-order valence-corrected chi connectivity index (χ2v) is 1.53. The average Bonchev–Trinajstić information content (AvgIpc) is 1.27. The maximum atomic E-state index is 8.74. The fourth-order valence-corrected chi connectivity index (χ4v) is 0. The third-order valence-electron chi connectivity index (χ3n) is 0. The van der Waals surface area contributed by atoms with Gasteiger partial charge in [0, 0.05) is 0 Å². The first-order chi connectivity index (χ1) is 3.41. The largest absolute Gasteiger partial charge is 0.516 e. The summed E-state index contributed by atoms with van der Waals surface area (Å²) >= 11 is 0. The first-order valence-electron chi connectivity index (χ1n) is 1.36. The van der Waals surface area contributed by atoms with E-state index in [4.69, 9.17) is 22.6 Å². The lowest BCUT2D eigenvalue weighted by atomic mass is 11.2. The van der Waals surface area contributed by atoms with Gasteiger partial charge in [0.2, 0.25) is 0 Å². The van der Waals surface area contributed by atoms with E-state index < -0.39 is 10.4 Å². The fraction of sp³-hybridized carbons (Fsp3) is 0. The van der Waals surface area contributed by atoms with Crippen molar-refractivity contribution in [3.63, 3.8) is 0 Å². The maximum absolute atomic E-state index is 8.74. The SMILES string of the molecule is C=CO.O=S(=O)(O)O. The molecule has 0 aliphatic rings. The van der Waals surface area contributed by atoms with Crippen molar-refractivity contribution >= 4 is 10.4 Å². The van der Waals surface area contributed by atoms with Crippen molar-refractivity contribution in [2.24, 2.45) is 0 Å². The summed E-state index contributed by atoms with van der Waals surface area (Å²) < 4.78 is 31.6. The third kappa shape index (κ3) is 302. The Morgan fingerprint density at radius 3 is 1.38 bits per heavy atom. The van der Waals surface area contributed by atoms with Crippen LogP contribution in [0, 0.1) is 0 Å². The van der Waals surface area contributed by atoms with Gasteiger partial charge < -0.3 is 5.11 Å². The molecule has 0 aromatic heterocycles. The van der Waals surface area contributed by atoms with E-state index in [9.17, 15) is 0 Å². The fourth-order valence-electron chi connectivity index (χ4n) is 0. The second-order valence-electron chi connectivity index (χ2n) is 0.630. The highest BCUT2D eigenvalue weighted by molar-refractivity contribution is 7.79. The summed E-state index contributed by atoms with van der Waals surface area (Å²) in [6.45, 7) is 2.92. The van der Waals surface area contributed by atoms with Crippen molar-refractivity contribution in [2.75, 3.05) is 0 Å². The van der Waals surface area contributed by atoms with Crippen molar-refractivity contribution in [3.8, 4) is 0 Å². The van der Waals surface area contributed by atoms with Crippen LogP contribution in [-0.2, 0) is 10.4 Å². The van der Waals surface area contributed by atoms with Gasteiger partial charge in [-0.1, -0.05) is 6.58 Å². The van der Waals surface area contributed by atoms with Gasteiger partial charge in [-0.05, 0) is 0 Å². The van der Waals surface area contributed by atoms with Crippen LogP contribution in [0.1, 0.15) is 0 Å². The van der Waals surface area contributed by atoms with Gasteiger partial charge in [-0.2, -0.15) is 8.42 Å². The van der Waals surface area contributed by atoms with Crippen molar-refractivity contribution < 1.29 is 22.6 Å². The van der Waals surface area contributed by atoms with E-state index in [0.29, 0.717) is 0 Å². The molecule has 5 nitrogen and oxygen atoms in total. The molecular formula is C2H6O5S. The second kappa shape index (κ2) is 4.57. The van der Waals surface area contributed by atoms with Crippen LogP contribution in [0.2, 0.25) is 0 Å². The minimum absolute atomic E-state index is 0.750. The minimum atomic E-state index is -4.67. The highest BCUT2D eigenvalue weighted by Crippen LogP contribution is 1.59. The molecule has 0 heterocycles. The predicted molar refractivity (Wildman–Crippen MR) is 27.0 cm³/mol. The Morgan fingerprint density at radius 2 is 1.38 bits per heavy atom. The Morgan fingerprint density at radius 1 is 1.38 bits per heavy atom. The summed E-state index contributed by atoms with van der Waals surface area (Å²) in [5.41, 5.74) is 0. The molecule has 0 aromatic rings. The molecule has 0 aliphatic carbocycles. The van der Waals surface area contributed by atoms with E-state index >= 15 is 0 Å². The Balaban J connectivity index is 0. The molecular weight excluding hydrogens is 136 g/mol. The molecule has 0 saturated heterocycles. The summed E-state index contributed by atoms with van der Waals surface area (Å²) in [6.07, 6.45) is 0.750. The van der Waals surface area contributed by atoms with E-state index in [2.05, 4.69) is 6.58 Å². The van der Waals surface area contributed by atoms with E-state index in [0.717, 1.165) is 6.26 Å². The minimum Gasteiger partial charge on any atom is -0.516 e. The van der Waals surface area contributed by atoms with Gasteiger partial charge in [0.05, 0.1) is 6.26 Å². The van der Waals surface area contributed by atoms with Gasteiger partial charge in [-0.3, -0.25) is 9.11 Å². The molecule has 0 aromatic carbocycles. The zero-order chi connectivity index (χ0) is 7.21. The van der Waals surface area contributed by atoms with Crippen LogP contribution < -0.4 is 0 Å². The van der Waals surface area contributed by atoms with Gasteiger partial charge >= 0.3 is 10.4 Å². The molecule has 0 amide bonds. The zero-order valence-corrected chi connectivity index (χ0v) is 4.67. The van der Waals surface area contributed by atoms with Crippen LogP contribution >= 0.6 is 0 Å². The molecule has 6 heteroatoms. The van der Waals surface area contributed by atoms with Gasteiger partial charge in [-0.25, -0.2) is 0 Å². The van der Waals surface area contributed by atoms with Crippen LogP contribution in [0.15, 0.2) is 12.8 Å². The van der Waals surface area contributed by atoms with E-state index in [1.807, 2.05) is 0 Å². The summed E-state index contributed by atoms with van der Waals surface area (Å²) in [7, 11) is -4.67. The van der Waals surface area contributed by atoms with Gasteiger partial charge in [0.15, 0.2) is 0 Å². The number of aliphatic hydroxyl groups excluding tert-OH is 1. The molecule has 0 atom stereocenters. The Bertz CT molecular complexity index is 125. The molecule has 0 spiro atoms.